The third-order valence-corrected chi connectivity index (χ3v) is 7.49. The number of nitrogens with two attached hydrogens (primary N) is 2. The first-order chi connectivity index (χ1) is 24.1. The lowest BCUT2D eigenvalue weighted by atomic mass is 10.2. The van der Waals surface area contributed by atoms with Crippen LogP contribution in [0, 0.1) is 0 Å². The summed E-state index contributed by atoms with van der Waals surface area (Å²) in [7, 11) is 4.55. The highest BCUT2D eigenvalue weighted by molar-refractivity contribution is 6.00. The van der Waals surface area contributed by atoms with E-state index in [4.69, 9.17) is 26.4 Å². The molecule has 0 bridgehead atoms. The maximum absolute atomic E-state index is 12.2. The van der Waals surface area contributed by atoms with Crippen LogP contribution >= 0.6 is 0 Å². The number of carbonyl (C=O) groups excluding carboxylic acids is 2. The van der Waals surface area contributed by atoms with E-state index in [9.17, 15) is 14.7 Å². The van der Waals surface area contributed by atoms with Gasteiger partial charge < -0.3 is 21.3 Å². The van der Waals surface area contributed by atoms with Gasteiger partial charge in [-0.05, 0) is 25.7 Å². The lowest BCUT2D eigenvalue weighted by Crippen LogP contribution is -2.09. The molecule has 0 aliphatic rings. The van der Waals surface area contributed by atoms with Gasteiger partial charge in [0.2, 0.25) is 11.6 Å². The number of esters is 1. The Morgan fingerprint density at radius 1 is 0.780 bits per heavy atom. The molecule has 5 heterocycles. The summed E-state index contributed by atoms with van der Waals surface area (Å²) < 4.78 is 10.5. The molecule has 0 atom stereocenters. The molecule has 0 saturated carbocycles. The van der Waals surface area contributed by atoms with E-state index >= 15 is 0 Å². The average Bonchev–Trinajstić information content (AvgIpc) is 3.86. The first kappa shape index (κ1) is 35.1. The Morgan fingerprint density at radius 3 is 1.72 bits per heavy atom. The minimum absolute atomic E-state index is 0.0371. The van der Waals surface area contributed by atoms with Crippen molar-refractivity contribution < 1.29 is 19.4 Å². The second-order valence-corrected chi connectivity index (χ2v) is 11.2. The van der Waals surface area contributed by atoms with Crippen molar-refractivity contribution in [2.45, 2.75) is 52.4 Å². The predicted octanol–water partition coefficient (Wildman–Crippen LogP) is 3.96. The number of aliphatic hydroxyl groups excluding tert-OH is 1. The monoisotopic (exact) mass is 686 g/mol. The smallest absolute Gasteiger partial charge is 0.343 e. The molecule has 50 heavy (non-hydrogen) atoms. The Hall–Kier alpha value is -6.18. The van der Waals surface area contributed by atoms with Crippen molar-refractivity contribution in [3.8, 4) is 11.6 Å². The van der Waals surface area contributed by atoms with Crippen LogP contribution in [-0.4, -0.2) is 79.7 Å². The Balaban J connectivity index is 1.54. The van der Waals surface area contributed by atoms with Gasteiger partial charge in [0.25, 0.3) is 0 Å². The molecule has 5 rings (SSSR count). The Bertz CT molecular complexity index is 1930. The maximum atomic E-state index is 12.2. The van der Waals surface area contributed by atoms with Gasteiger partial charge in [-0.3, -0.25) is 14.2 Å². The van der Waals surface area contributed by atoms with Crippen LogP contribution in [0.25, 0.3) is 11.6 Å². The Morgan fingerprint density at radius 2 is 1.26 bits per heavy atom. The fourth-order valence-corrected chi connectivity index (χ4v) is 4.93. The molecule has 0 aliphatic heterocycles. The van der Waals surface area contributed by atoms with E-state index in [1.165, 1.54) is 44.6 Å². The number of azo groups is 2. The number of ketones is 1. The minimum Gasteiger partial charge on any atom is -0.465 e. The zero-order valence-corrected chi connectivity index (χ0v) is 28.3. The van der Waals surface area contributed by atoms with Crippen LogP contribution in [-0.2, 0) is 31.7 Å². The van der Waals surface area contributed by atoms with Crippen LogP contribution in [0.2, 0.25) is 0 Å². The van der Waals surface area contributed by atoms with Crippen LogP contribution in [0.4, 0.5) is 34.6 Å². The number of aryl methyl sites for hydroxylation is 4. The highest BCUT2D eigenvalue weighted by Crippen LogP contribution is 2.34. The zero-order chi connectivity index (χ0) is 35.9. The van der Waals surface area contributed by atoms with Gasteiger partial charge >= 0.3 is 5.97 Å². The first-order valence-electron chi connectivity index (χ1n) is 15.8. The molecule has 20 nitrogen and oxygen atoms in total. The van der Waals surface area contributed by atoms with Gasteiger partial charge in [0, 0.05) is 32.6 Å². The van der Waals surface area contributed by atoms with Gasteiger partial charge in [0.15, 0.2) is 40.4 Å². The number of unbranched alkanes of at least 4 members (excludes halogenated alkanes) is 2. The molecular formula is C30H38N16O4. The normalized spacial score (nSPS) is 11.7. The molecule has 0 aromatic carbocycles. The number of ether oxygens (including phenoxy) is 1. The Kier molecular flexibility index (Phi) is 10.8. The molecule has 5 N–H and O–H groups in total. The quantitative estimate of drug-likeness (QED) is 0.0803. The van der Waals surface area contributed by atoms with Gasteiger partial charge in [0.1, 0.15) is 18.5 Å². The number of Topliss-reactive ketones (excluding diaryl/α,β-unsaturated/α-hetero) is 1. The van der Waals surface area contributed by atoms with Crippen LogP contribution in [0.5, 0.6) is 0 Å². The van der Waals surface area contributed by atoms with E-state index in [2.05, 4.69) is 47.5 Å². The van der Waals surface area contributed by atoms with Crippen LogP contribution in [0.1, 0.15) is 71.6 Å². The molecule has 5 aromatic rings. The molecule has 0 amide bonds. The van der Waals surface area contributed by atoms with E-state index in [-0.39, 0.29) is 40.1 Å². The largest absolute Gasteiger partial charge is 0.465 e. The standard InChI is InChI=1S/C30H38N16O4/c1-6-8-10-19-24(35-37-28-17(21(48)15-47)13-43(3)41-28)26(31)45(39-19)22-12-23(34-16-33-22)46-27(32)25(20(40-46)11-9-7-2)36-38-29-18(30(49)50-5)14-44(4)42-29/h12-14,16,47H,6-11,15,31-32H2,1-5H3/b37-35+,38-36+. The van der Waals surface area contributed by atoms with Crippen molar-refractivity contribution in [3.05, 3.63) is 47.3 Å². The molecule has 5 aromatic heterocycles. The van der Waals surface area contributed by atoms with Crippen molar-refractivity contribution in [1.29, 1.82) is 0 Å². The van der Waals surface area contributed by atoms with Crippen molar-refractivity contribution in [2.24, 2.45) is 34.6 Å². The third-order valence-electron chi connectivity index (χ3n) is 7.49. The van der Waals surface area contributed by atoms with E-state index in [0.29, 0.717) is 41.6 Å². The summed E-state index contributed by atoms with van der Waals surface area (Å²) >= 11 is 0. The topological polar surface area (TPSA) is 262 Å². The average molecular weight is 687 g/mol. The molecule has 262 valence electrons. The number of methoxy groups -OCH3 is 1. The summed E-state index contributed by atoms with van der Waals surface area (Å²) in [6.07, 6.45) is 8.75. The van der Waals surface area contributed by atoms with Crippen LogP contribution < -0.4 is 11.5 Å². The number of aromatic nitrogens is 10. The third kappa shape index (κ3) is 7.28. The van der Waals surface area contributed by atoms with Gasteiger partial charge in [0.05, 0.1) is 24.1 Å². The van der Waals surface area contributed by atoms with Gasteiger partial charge in [-0.25, -0.2) is 14.8 Å². The summed E-state index contributed by atoms with van der Waals surface area (Å²) in [6.45, 7) is 3.40. The van der Waals surface area contributed by atoms with Gasteiger partial charge in [-0.1, -0.05) is 26.7 Å². The highest BCUT2D eigenvalue weighted by atomic mass is 16.5. The van der Waals surface area contributed by atoms with Gasteiger partial charge in [-0.15, -0.1) is 20.5 Å². The number of anilines is 2. The molecule has 0 unspecified atom stereocenters. The summed E-state index contributed by atoms with van der Waals surface area (Å²) in [5.74, 6) is -0.159. The second kappa shape index (κ2) is 15.4. The van der Waals surface area contributed by atoms with E-state index in [0.717, 1.165) is 25.7 Å². The molecule has 0 fully saturated rings. The van der Waals surface area contributed by atoms with Crippen LogP contribution in [0.15, 0.2) is 45.2 Å². The number of nitrogens with zero attached hydrogens (tertiary/aromatic N) is 14. The number of hydrogen-bond donors (Lipinski definition) is 3. The van der Waals surface area contributed by atoms with E-state index in [1.54, 1.807) is 20.2 Å². The lowest BCUT2D eigenvalue weighted by molar-refractivity contribution is 0.0601. The lowest BCUT2D eigenvalue weighted by Gasteiger charge is -2.06. The molecule has 0 aliphatic carbocycles. The molecular weight excluding hydrogens is 648 g/mol. The van der Waals surface area contributed by atoms with Crippen molar-refractivity contribution in [1.82, 2.24) is 49.1 Å². The highest BCUT2D eigenvalue weighted by Gasteiger charge is 2.23. The maximum Gasteiger partial charge on any atom is 0.343 e. The number of aliphatic hydroxyl groups is 1. The second-order valence-electron chi connectivity index (χ2n) is 11.2. The first-order valence-corrected chi connectivity index (χ1v) is 15.8. The fourth-order valence-electron chi connectivity index (χ4n) is 4.93. The molecule has 20 heteroatoms. The zero-order valence-electron chi connectivity index (χ0n) is 28.3. The summed E-state index contributed by atoms with van der Waals surface area (Å²) in [5, 5.41) is 44.3. The van der Waals surface area contributed by atoms with Crippen molar-refractivity contribution >= 4 is 46.4 Å². The van der Waals surface area contributed by atoms with Crippen LogP contribution in [0.3, 0.4) is 0 Å². The number of rotatable bonds is 15. The number of nitrogen functional groups attached to an aromatic ring is 2. The summed E-state index contributed by atoms with van der Waals surface area (Å²) in [6, 6.07) is 1.60. The molecule has 0 radical (unpaired) electrons. The Labute approximate surface area is 285 Å². The molecule has 0 spiro atoms. The van der Waals surface area contributed by atoms with Crippen molar-refractivity contribution in [3.63, 3.8) is 0 Å². The predicted molar refractivity (Wildman–Crippen MR) is 180 cm³/mol. The van der Waals surface area contributed by atoms with E-state index in [1.807, 2.05) is 6.92 Å². The van der Waals surface area contributed by atoms with Gasteiger partial charge in [-0.2, -0.15) is 29.8 Å². The fraction of sp³-hybridized carbons (Fsp3) is 0.400. The number of carbonyl (C=O) groups is 2. The SMILES string of the molecule is CCCCc1nn(-c2cc(-n3nc(CCCC)c(/N=N/c4nn(C)cc4C(=O)OC)c3N)ncn2)c(N)c1/N=N/c1nn(C)cc1C(=O)CO. The summed E-state index contributed by atoms with van der Waals surface area (Å²) in [5.41, 5.74) is 15.2. The van der Waals surface area contributed by atoms with Crippen molar-refractivity contribution in [2.75, 3.05) is 25.2 Å². The number of hydrogen-bond acceptors (Lipinski definition) is 16. The summed E-state index contributed by atoms with van der Waals surface area (Å²) in [4.78, 5) is 33.2. The minimum atomic E-state index is -0.697. The van der Waals surface area contributed by atoms with E-state index < -0.39 is 18.4 Å². The molecule has 0 saturated heterocycles.